The van der Waals surface area contributed by atoms with Gasteiger partial charge in [0.15, 0.2) is 0 Å². The normalized spacial score (nSPS) is 26.9. The van der Waals surface area contributed by atoms with Gasteiger partial charge < -0.3 is 14.9 Å². The third kappa shape index (κ3) is 2.89. The number of para-hydroxylation sites is 1. The first-order valence-electron chi connectivity index (χ1n) is 6.74. The maximum Gasteiger partial charge on any atom is 0.308 e. The Kier molecular flexibility index (Phi) is 4.10. The average Bonchev–Trinajstić information content (AvgIpc) is 2.40. The highest BCUT2D eigenvalue weighted by Crippen LogP contribution is 2.42. The molecular weight excluding hydrogens is 244 g/mol. The molecule has 1 aromatic rings. The molecule has 0 atom stereocenters. The first-order chi connectivity index (χ1) is 9.07. The number of hydrogen-bond donors (Lipinski definition) is 2. The minimum atomic E-state index is -1.03. The summed E-state index contributed by atoms with van der Waals surface area (Å²) in [5.41, 5.74) is -0.480. The zero-order chi connectivity index (χ0) is 13.9. The van der Waals surface area contributed by atoms with E-state index in [2.05, 4.69) is 0 Å². The van der Waals surface area contributed by atoms with Crippen LogP contribution in [0, 0.1) is 5.92 Å². The van der Waals surface area contributed by atoms with Crippen LogP contribution in [0.4, 0.5) is 0 Å². The van der Waals surface area contributed by atoms with Crippen LogP contribution in [-0.2, 0) is 15.1 Å². The largest absolute Gasteiger partial charge is 0.508 e. The number of benzene rings is 1. The smallest absolute Gasteiger partial charge is 0.308 e. The van der Waals surface area contributed by atoms with Crippen LogP contribution in [0.25, 0.3) is 0 Å². The van der Waals surface area contributed by atoms with E-state index in [-0.39, 0.29) is 17.6 Å². The number of esters is 1. The summed E-state index contributed by atoms with van der Waals surface area (Å²) in [4.78, 5) is 11.7. The predicted octanol–water partition coefficient (Wildman–Crippen LogP) is 2.33. The molecule has 1 aliphatic carbocycles. The molecule has 1 fully saturated rings. The highest BCUT2D eigenvalue weighted by atomic mass is 16.5. The molecule has 0 radical (unpaired) electrons. The fraction of sp³-hybridized carbons (Fsp3) is 0.533. The maximum absolute atomic E-state index is 11.7. The Bertz CT molecular complexity index is 447. The van der Waals surface area contributed by atoms with E-state index in [1.54, 1.807) is 31.2 Å². The van der Waals surface area contributed by atoms with Crippen LogP contribution < -0.4 is 0 Å². The number of hydrogen-bond acceptors (Lipinski definition) is 4. The quantitative estimate of drug-likeness (QED) is 0.822. The van der Waals surface area contributed by atoms with E-state index in [1.807, 2.05) is 0 Å². The Morgan fingerprint density at radius 2 is 2.00 bits per heavy atom. The van der Waals surface area contributed by atoms with Gasteiger partial charge in [0.1, 0.15) is 5.75 Å². The van der Waals surface area contributed by atoms with Crippen LogP contribution in [0.2, 0.25) is 0 Å². The van der Waals surface area contributed by atoms with E-state index in [0.29, 0.717) is 37.9 Å². The predicted molar refractivity (Wildman–Crippen MR) is 70.6 cm³/mol. The molecule has 1 aromatic carbocycles. The van der Waals surface area contributed by atoms with Gasteiger partial charge in [-0.3, -0.25) is 4.79 Å². The molecule has 19 heavy (non-hydrogen) atoms. The Morgan fingerprint density at radius 1 is 1.37 bits per heavy atom. The van der Waals surface area contributed by atoms with Gasteiger partial charge in [0, 0.05) is 5.56 Å². The first kappa shape index (κ1) is 13.9. The van der Waals surface area contributed by atoms with Gasteiger partial charge in [-0.1, -0.05) is 18.2 Å². The van der Waals surface area contributed by atoms with Crippen molar-refractivity contribution in [2.45, 2.75) is 38.2 Å². The molecular formula is C15H20O4. The third-order valence-electron chi connectivity index (χ3n) is 3.84. The number of carbonyl (C=O) groups is 1. The fourth-order valence-corrected chi connectivity index (χ4v) is 2.73. The highest BCUT2D eigenvalue weighted by molar-refractivity contribution is 5.72. The van der Waals surface area contributed by atoms with Gasteiger partial charge in [0.2, 0.25) is 0 Å². The second kappa shape index (κ2) is 5.61. The van der Waals surface area contributed by atoms with Crippen LogP contribution >= 0.6 is 0 Å². The van der Waals surface area contributed by atoms with Crippen molar-refractivity contribution in [1.29, 1.82) is 0 Å². The molecule has 4 nitrogen and oxygen atoms in total. The first-order valence-corrected chi connectivity index (χ1v) is 6.74. The third-order valence-corrected chi connectivity index (χ3v) is 3.84. The minimum absolute atomic E-state index is 0.111. The summed E-state index contributed by atoms with van der Waals surface area (Å²) >= 11 is 0. The second-order valence-electron chi connectivity index (χ2n) is 5.08. The van der Waals surface area contributed by atoms with Gasteiger partial charge in [-0.2, -0.15) is 0 Å². The number of phenols is 1. The van der Waals surface area contributed by atoms with Crippen molar-refractivity contribution in [3.05, 3.63) is 29.8 Å². The number of ether oxygens (including phenoxy) is 1. The van der Waals surface area contributed by atoms with Crippen LogP contribution in [-0.4, -0.2) is 22.8 Å². The maximum atomic E-state index is 11.7. The molecule has 2 N–H and O–H groups in total. The van der Waals surface area contributed by atoms with Crippen molar-refractivity contribution < 1.29 is 19.7 Å². The zero-order valence-corrected chi connectivity index (χ0v) is 11.1. The van der Waals surface area contributed by atoms with Gasteiger partial charge in [-0.25, -0.2) is 0 Å². The number of aromatic hydroxyl groups is 1. The van der Waals surface area contributed by atoms with Crippen molar-refractivity contribution in [1.82, 2.24) is 0 Å². The van der Waals surface area contributed by atoms with E-state index >= 15 is 0 Å². The summed E-state index contributed by atoms with van der Waals surface area (Å²) in [6.07, 6.45) is 2.11. The molecule has 0 aromatic heterocycles. The average molecular weight is 264 g/mol. The summed E-state index contributed by atoms with van der Waals surface area (Å²) in [7, 11) is 0. The van der Waals surface area contributed by atoms with Gasteiger partial charge >= 0.3 is 5.97 Å². The Hall–Kier alpha value is -1.55. The summed E-state index contributed by atoms with van der Waals surface area (Å²) in [6, 6.07) is 6.83. The van der Waals surface area contributed by atoms with Gasteiger partial charge in [0.05, 0.1) is 18.1 Å². The summed E-state index contributed by atoms with van der Waals surface area (Å²) < 4.78 is 5.01. The van der Waals surface area contributed by atoms with Crippen LogP contribution in [0.1, 0.15) is 38.2 Å². The Balaban J connectivity index is 2.06. The van der Waals surface area contributed by atoms with E-state index in [1.165, 1.54) is 0 Å². The monoisotopic (exact) mass is 264 g/mol. The summed E-state index contributed by atoms with van der Waals surface area (Å²) in [6.45, 7) is 2.18. The number of carbonyl (C=O) groups excluding carboxylic acids is 1. The Labute approximate surface area is 113 Å². The van der Waals surface area contributed by atoms with Crippen molar-refractivity contribution in [2.75, 3.05) is 6.61 Å². The molecule has 1 saturated carbocycles. The lowest BCUT2D eigenvalue weighted by Crippen LogP contribution is -2.34. The van der Waals surface area contributed by atoms with Crippen LogP contribution in [0.15, 0.2) is 24.3 Å². The highest BCUT2D eigenvalue weighted by Gasteiger charge is 2.38. The molecule has 0 amide bonds. The van der Waals surface area contributed by atoms with Crippen molar-refractivity contribution >= 4 is 5.97 Å². The molecule has 0 unspecified atom stereocenters. The lowest BCUT2D eigenvalue weighted by molar-refractivity contribution is -0.151. The molecule has 2 rings (SSSR count). The SMILES string of the molecule is CCOC(=O)C1CCC(O)(c2ccccc2O)CC1. The molecule has 0 spiro atoms. The van der Waals surface area contributed by atoms with E-state index < -0.39 is 5.60 Å². The van der Waals surface area contributed by atoms with Crippen LogP contribution in [0.5, 0.6) is 5.75 Å². The number of phenolic OH excluding ortho intramolecular Hbond substituents is 1. The van der Waals surface area contributed by atoms with Gasteiger partial charge in [-0.15, -0.1) is 0 Å². The van der Waals surface area contributed by atoms with Crippen LogP contribution in [0.3, 0.4) is 0 Å². The van der Waals surface area contributed by atoms with Crippen molar-refractivity contribution in [2.24, 2.45) is 5.92 Å². The standard InChI is InChI=1S/C15H20O4/c1-2-19-14(17)11-7-9-15(18,10-8-11)12-5-3-4-6-13(12)16/h3-6,11,16,18H,2,7-10H2,1H3. The molecule has 1 aliphatic rings. The summed E-state index contributed by atoms with van der Waals surface area (Å²) in [5, 5.41) is 20.5. The molecule has 0 heterocycles. The molecule has 0 saturated heterocycles. The van der Waals surface area contributed by atoms with Gasteiger partial charge in [0.25, 0.3) is 0 Å². The van der Waals surface area contributed by atoms with E-state index in [0.717, 1.165) is 0 Å². The molecule has 4 heteroatoms. The molecule has 0 bridgehead atoms. The number of rotatable bonds is 3. The van der Waals surface area contributed by atoms with Crippen molar-refractivity contribution in [3.63, 3.8) is 0 Å². The lowest BCUT2D eigenvalue weighted by Gasteiger charge is -2.35. The zero-order valence-electron chi connectivity index (χ0n) is 11.1. The Morgan fingerprint density at radius 3 is 2.58 bits per heavy atom. The number of aliphatic hydroxyl groups is 1. The van der Waals surface area contributed by atoms with E-state index in [9.17, 15) is 15.0 Å². The molecule has 104 valence electrons. The van der Waals surface area contributed by atoms with Crippen molar-refractivity contribution in [3.8, 4) is 5.75 Å². The topological polar surface area (TPSA) is 66.8 Å². The lowest BCUT2D eigenvalue weighted by atomic mass is 9.75. The van der Waals surface area contributed by atoms with E-state index in [4.69, 9.17) is 4.74 Å². The fourth-order valence-electron chi connectivity index (χ4n) is 2.73. The minimum Gasteiger partial charge on any atom is -0.508 e. The molecule has 0 aliphatic heterocycles. The summed E-state index contributed by atoms with van der Waals surface area (Å²) in [5.74, 6) is -0.201. The second-order valence-corrected chi connectivity index (χ2v) is 5.08. The van der Waals surface area contributed by atoms with Gasteiger partial charge in [-0.05, 0) is 38.7 Å².